The van der Waals surface area contributed by atoms with Gasteiger partial charge in [0.2, 0.25) is 5.78 Å². The van der Waals surface area contributed by atoms with Crippen molar-refractivity contribution in [1.29, 1.82) is 0 Å². The molecule has 0 aliphatic carbocycles. The highest BCUT2D eigenvalue weighted by molar-refractivity contribution is 6.29. The maximum atomic E-state index is 12.7. The molecular weight excluding hydrogens is 422 g/mol. The topological polar surface area (TPSA) is 87.9 Å². The van der Waals surface area contributed by atoms with Gasteiger partial charge in [-0.3, -0.25) is 9.59 Å². The number of fused-ring (bicyclic) bond motifs is 1. The van der Waals surface area contributed by atoms with Crippen LogP contribution in [0.4, 0.5) is 0 Å². The molecule has 0 bridgehead atoms. The Hall–Kier alpha value is -3.58. The van der Waals surface area contributed by atoms with Crippen LogP contribution in [0, 0.1) is 6.92 Å². The fraction of sp³-hybridized carbons (Fsp3) is 0.174. The number of nitrogens with zero attached hydrogens (tertiary/aromatic N) is 1. The van der Waals surface area contributed by atoms with Crippen LogP contribution in [0.25, 0.3) is 6.08 Å². The van der Waals surface area contributed by atoms with Gasteiger partial charge >= 0.3 is 5.97 Å². The number of hydrogen-bond donors (Lipinski definition) is 0. The maximum Gasteiger partial charge on any atom is 0.311 e. The molecule has 0 N–H and O–H groups in total. The van der Waals surface area contributed by atoms with E-state index in [9.17, 15) is 9.59 Å². The number of ketones is 1. The van der Waals surface area contributed by atoms with Crippen molar-refractivity contribution in [2.45, 2.75) is 19.8 Å². The van der Waals surface area contributed by atoms with E-state index in [0.29, 0.717) is 34.8 Å². The number of aromatic nitrogens is 1. The molecule has 2 aromatic carbocycles. The third-order valence-electron chi connectivity index (χ3n) is 4.78. The van der Waals surface area contributed by atoms with Gasteiger partial charge in [-0.05, 0) is 42.8 Å². The lowest BCUT2D eigenvalue weighted by molar-refractivity contribution is -0.134. The van der Waals surface area contributed by atoms with Gasteiger partial charge in [0.05, 0.1) is 19.1 Å². The molecule has 0 radical (unpaired) electrons. The Morgan fingerprint density at radius 2 is 1.97 bits per heavy atom. The number of carbonyl (C=O) groups excluding carboxylic acids is 2. The Kier molecular flexibility index (Phi) is 5.77. The molecule has 1 aliphatic rings. The number of aryl methyl sites for hydroxylation is 1. The fourth-order valence-corrected chi connectivity index (χ4v) is 3.29. The Labute approximate surface area is 183 Å². The van der Waals surface area contributed by atoms with Crippen molar-refractivity contribution >= 4 is 29.4 Å². The summed E-state index contributed by atoms with van der Waals surface area (Å²) in [7, 11) is 1.59. The lowest BCUT2D eigenvalue weighted by Crippen LogP contribution is -2.10. The Morgan fingerprint density at radius 3 is 2.65 bits per heavy atom. The van der Waals surface area contributed by atoms with Gasteiger partial charge in [0, 0.05) is 18.1 Å². The monoisotopic (exact) mass is 439 g/mol. The smallest absolute Gasteiger partial charge is 0.311 e. The van der Waals surface area contributed by atoms with Gasteiger partial charge < -0.3 is 18.7 Å². The number of methoxy groups -OCH3 is 1. The Bertz CT molecular complexity index is 1180. The van der Waals surface area contributed by atoms with E-state index in [0.717, 1.165) is 11.3 Å². The predicted molar refractivity (Wildman–Crippen MR) is 113 cm³/mol. The largest absolute Gasteiger partial charge is 0.497 e. The molecule has 158 valence electrons. The van der Waals surface area contributed by atoms with E-state index < -0.39 is 5.97 Å². The molecule has 8 heteroatoms. The number of allylic oxidation sites excluding steroid dienone is 1. The second-order valence-electron chi connectivity index (χ2n) is 6.87. The van der Waals surface area contributed by atoms with Crippen molar-refractivity contribution < 1.29 is 28.3 Å². The first-order chi connectivity index (χ1) is 14.9. The number of carbonyl (C=O) groups is 2. The first-order valence-corrected chi connectivity index (χ1v) is 9.86. The zero-order chi connectivity index (χ0) is 22.0. The van der Waals surface area contributed by atoms with Gasteiger partial charge in [-0.15, -0.1) is 0 Å². The number of halogens is 1. The summed E-state index contributed by atoms with van der Waals surface area (Å²) in [6.45, 7) is 1.74. The first-order valence-electron chi connectivity index (χ1n) is 9.48. The average Bonchev–Trinajstić information content (AvgIpc) is 3.33. The normalized spacial score (nSPS) is 13.8. The van der Waals surface area contributed by atoms with E-state index in [1.54, 1.807) is 50.4 Å². The molecule has 0 amide bonds. The molecule has 0 saturated carbocycles. The van der Waals surface area contributed by atoms with Gasteiger partial charge in [0.25, 0.3) is 0 Å². The minimum atomic E-state index is -0.450. The Morgan fingerprint density at radius 1 is 1.19 bits per heavy atom. The van der Waals surface area contributed by atoms with Crippen LogP contribution < -0.4 is 14.2 Å². The number of hydrogen-bond acceptors (Lipinski definition) is 7. The molecule has 0 atom stereocenters. The number of rotatable bonds is 6. The number of Topliss-reactive ketones (excluding diaryl/α,β-unsaturated/α-hetero) is 1. The predicted octanol–water partition coefficient (Wildman–Crippen LogP) is 4.80. The molecular formula is C23H18ClNO6. The van der Waals surface area contributed by atoms with E-state index in [-0.39, 0.29) is 23.1 Å². The van der Waals surface area contributed by atoms with E-state index in [2.05, 4.69) is 5.16 Å². The summed E-state index contributed by atoms with van der Waals surface area (Å²) >= 11 is 5.70. The van der Waals surface area contributed by atoms with Crippen LogP contribution in [0.15, 0.2) is 52.7 Å². The summed E-state index contributed by atoms with van der Waals surface area (Å²) in [5.41, 5.74) is 1.79. The lowest BCUT2D eigenvalue weighted by atomic mass is 10.1. The van der Waals surface area contributed by atoms with Crippen LogP contribution in [0.5, 0.6) is 17.2 Å². The molecule has 0 saturated heterocycles. The third-order valence-corrected chi connectivity index (χ3v) is 4.96. The van der Waals surface area contributed by atoms with Gasteiger partial charge in [-0.25, -0.2) is 0 Å². The van der Waals surface area contributed by atoms with Crippen LogP contribution in [0.2, 0.25) is 5.15 Å². The second kappa shape index (κ2) is 8.65. The van der Waals surface area contributed by atoms with Crippen LogP contribution in [-0.2, 0) is 11.2 Å². The fourth-order valence-electron chi connectivity index (χ4n) is 3.13. The van der Waals surface area contributed by atoms with Gasteiger partial charge in [-0.2, -0.15) is 0 Å². The van der Waals surface area contributed by atoms with Crippen LogP contribution in [0.3, 0.4) is 0 Å². The highest BCUT2D eigenvalue weighted by Gasteiger charge is 2.30. The second-order valence-corrected chi connectivity index (χ2v) is 7.26. The molecule has 0 spiro atoms. The quantitative estimate of drug-likeness (QED) is 0.309. The van der Waals surface area contributed by atoms with Crippen molar-refractivity contribution in [1.82, 2.24) is 5.16 Å². The van der Waals surface area contributed by atoms with E-state index >= 15 is 0 Å². The zero-order valence-electron chi connectivity index (χ0n) is 16.8. The SMILES string of the molecule is COc1ccc(/C=C2\Oc3c(ccc(OC(=O)CCc4cc(Cl)no4)c3C)C2=O)cc1. The van der Waals surface area contributed by atoms with Gasteiger partial charge in [-0.1, -0.05) is 28.9 Å². The molecule has 31 heavy (non-hydrogen) atoms. The summed E-state index contributed by atoms with van der Waals surface area (Å²) in [4.78, 5) is 24.9. The van der Waals surface area contributed by atoms with Crippen molar-refractivity contribution in [3.05, 3.63) is 75.8 Å². The van der Waals surface area contributed by atoms with Crippen molar-refractivity contribution in [2.75, 3.05) is 7.11 Å². The molecule has 7 nitrogen and oxygen atoms in total. The standard InChI is InChI=1S/C23H18ClNO6/c1-13-18(29-21(26)10-7-16-12-20(24)25-31-16)9-8-17-22(27)19(30-23(13)17)11-14-3-5-15(28-2)6-4-14/h3-6,8-9,11-12H,7,10H2,1-2H3/b19-11-. The third kappa shape index (κ3) is 4.46. The van der Waals surface area contributed by atoms with Gasteiger partial charge in [0.1, 0.15) is 23.0 Å². The van der Waals surface area contributed by atoms with Gasteiger partial charge in [0.15, 0.2) is 10.9 Å². The molecule has 1 aliphatic heterocycles. The zero-order valence-corrected chi connectivity index (χ0v) is 17.6. The van der Waals surface area contributed by atoms with Crippen LogP contribution >= 0.6 is 11.6 Å². The lowest BCUT2D eigenvalue weighted by Gasteiger charge is -2.09. The van der Waals surface area contributed by atoms with Crippen molar-refractivity contribution in [3.8, 4) is 17.2 Å². The van der Waals surface area contributed by atoms with Crippen LogP contribution in [-0.4, -0.2) is 24.0 Å². The average molecular weight is 440 g/mol. The molecule has 0 fully saturated rings. The minimum absolute atomic E-state index is 0.0878. The van der Waals surface area contributed by atoms with Crippen molar-refractivity contribution in [2.24, 2.45) is 0 Å². The summed E-state index contributed by atoms with van der Waals surface area (Å²) < 4.78 is 21.4. The minimum Gasteiger partial charge on any atom is -0.497 e. The van der Waals surface area contributed by atoms with E-state index in [4.69, 9.17) is 30.3 Å². The van der Waals surface area contributed by atoms with E-state index in [1.807, 2.05) is 12.1 Å². The Balaban J connectivity index is 1.47. The first kappa shape index (κ1) is 20.7. The molecule has 0 unspecified atom stereocenters. The number of esters is 1. The summed E-state index contributed by atoms with van der Waals surface area (Å²) in [6.07, 6.45) is 2.06. The summed E-state index contributed by atoms with van der Waals surface area (Å²) in [5.74, 6) is 1.46. The maximum absolute atomic E-state index is 12.7. The number of ether oxygens (including phenoxy) is 3. The number of benzene rings is 2. The van der Waals surface area contributed by atoms with E-state index in [1.165, 1.54) is 0 Å². The highest BCUT2D eigenvalue weighted by atomic mass is 35.5. The molecule has 2 heterocycles. The summed E-state index contributed by atoms with van der Waals surface area (Å²) in [5, 5.41) is 3.80. The van der Waals surface area contributed by atoms with Crippen molar-refractivity contribution in [3.63, 3.8) is 0 Å². The van der Waals surface area contributed by atoms with Crippen LogP contribution in [0.1, 0.15) is 33.7 Å². The molecule has 1 aromatic heterocycles. The summed E-state index contributed by atoms with van der Waals surface area (Å²) in [6, 6.07) is 12.0. The molecule has 3 aromatic rings. The molecule has 4 rings (SSSR count). The highest BCUT2D eigenvalue weighted by Crippen LogP contribution is 2.39.